The minimum Gasteiger partial charge on any atom is -0.506 e. The fraction of sp³-hybridized carbons (Fsp3) is 0.417. The van der Waals surface area contributed by atoms with Crippen molar-refractivity contribution in [2.75, 3.05) is 10.6 Å². The van der Waals surface area contributed by atoms with Crippen LogP contribution in [0.5, 0.6) is 11.5 Å². The summed E-state index contributed by atoms with van der Waals surface area (Å²) >= 11 is 3.13. The van der Waals surface area contributed by atoms with Crippen molar-refractivity contribution in [3.8, 4) is 11.5 Å². The summed E-state index contributed by atoms with van der Waals surface area (Å²) in [6, 6.07) is 5.40. The van der Waals surface area contributed by atoms with Crippen LogP contribution in [-0.4, -0.2) is 27.9 Å². The van der Waals surface area contributed by atoms with Gasteiger partial charge in [-0.05, 0) is 48.2 Å². The van der Waals surface area contributed by atoms with E-state index in [2.05, 4.69) is 26.6 Å². The number of aromatic hydroxyl groups is 1. The molecule has 2 atom stereocenters. The quantitative estimate of drug-likeness (QED) is 0.204. The first kappa shape index (κ1) is 30.3. The number of fused-ring (bicyclic) bond motifs is 1. The molecule has 37 heavy (non-hydrogen) atoms. The summed E-state index contributed by atoms with van der Waals surface area (Å²) in [4.78, 5) is 22.8. The van der Waals surface area contributed by atoms with Gasteiger partial charge in [0.25, 0.3) is 5.91 Å². The Morgan fingerprint density at radius 3 is 2.05 bits per heavy atom. The topological polar surface area (TPSA) is 87.7 Å². The lowest BCUT2D eigenvalue weighted by Gasteiger charge is -2.28. The Labute approximate surface area is 217 Å². The van der Waals surface area contributed by atoms with E-state index in [1.165, 1.54) is 6.07 Å². The number of alkyl halides is 7. The van der Waals surface area contributed by atoms with Crippen LogP contribution in [0.4, 0.5) is 37.7 Å². The molecule has 2 aromatic rings. The second kappa shape index (κ2) is 11.6. The SMILES string of the molecule is CC(C)C(Br)C(=O)Nc1cc(C(F)(F)F)ccc1O.CC(C)C1Oc2ccc(C(F)(F)F)cc2NC1=O. The van der Waals surface area contributed by atoms with Crippen LogP contribution >= 0.6 is 15.9 Å². The van der Waals surface area contributed by atoms with Gasteiger partial charge in [-0.1, -0.05) is 43.6 Å². The van der Waals surface area contributed by atoms with Gasteiger partial charge in [-0.2, -0.15) is 26.3 Å². The summed E-state index contributed by atoms with van der Waals surface area (Å²) in [5, 5.41) is 14.2. The van der Waals surface area contributed by atoms with Crippen LogP contribution in [0.1, 0.15) is 38.8 Å². The summed E-state index contributed by atoms with van der Waals surface area (Å²) in [6.07, 6.45) is -9.64. The van der Waals surface area contributed by atoms with Gasteiger partial charge in [-0.3, -0.25) is 9.59 Å². The minimum absolute atomic E-state index is 0.0343. The van der Waals surface area contributed by atoms with Crippen molar-refractivity contribution >= 4 is 39.1 Å². The molecule has 2 amide bonds. The first-order valence-corrected chi connectivity index (χ1v) is 11.9. The number of amides is 2. The van der Waals surface area contributed by atoms with Crippen LogP contribution in [0.25, 0.3) is 0 Å². The van der Waals surface area contributed by atoms with Gasteiger partial charge >= 0.3 is 12.4 Å². The number of hydrogen-bond donors (Lipinski definition) is 3. The lowest BCUT2D eigenvalue weighted by molar-refractivity contribution is -0.138. The number of ether oxygens (including phenoxy) is 1. The normalized spacial score (nSPS) is 16.2. The van der Waals surface area contributed by atoms with Crippen molar-refractivity contribution in [3.05, 3.63) is 47.5 Å². The fourth-order valence-electron chi connectivity index (χ4n) is 3.06. The third-order valence-corrected chi connectivity index (χ3v) is 6.57. The second-order valence-electron chi connectivity index (χ2n) is 8.85. The van der Waals surface area contributed by atoms with E-state index >= 15 is 0 Å². The Kier molecular flexibility index (Phi) is 9.50. The van der Waals surface area contributed by atoms with Gasteiger partial charge < -0.3 is 20.5 Å². The molecule has 6 nitrogen and oxygen atoms in total. The molecule has 0 saturated carbocycles. The number of phenolic OH excluding ortho intramolecular Hbond substituents is 1. The molecule has 0 spiro atoms. The number of halogens is 7. The second-order valence-corrected chi connectivity index (χ2v) is 9.83. The largest absolute Gasteiger partial charge is 0.506 e. The number of rotatable bonds is 4. The van der Waals surface area contributed by atoms with Crippen molar-refractivity contribution in [1.82, 2.24) is 0 Å². The Bertz CT molecular complexity index is 1140. The molecule has 204 valence electrons. The molecule has 1 aliphatic rings. The summed E-state index contributed by atoms with van der Waals surface area (Å²) in [5.41, 5.74) is -1.94. The monoisotopic (exact) mass is 598 g/mol. The molecule has 1 heterocycles. The van der Waals surface area contributed by atoms with Crippen LogP contribution in [-0.2, 0) is 21.9 Å². The molecule has 0 bridgehead atoms. The van der Waals surface area contributed by atoms with Gasteiger partial charge in [0.05, 0.1) is 27.3 Å². The number of benzene rings is 2. The van der Waals surface area contributed by atoms with E-state index in [0.717, 1.165) is 24.3 Å². The Morgan fingerprint density at radius 1 is 1.00 bits per heavy atom. The summed E-state index contributed by atoms with van der Waals surface area (Å²) in [7, 11) is 0. The lowest BCUT2D eigenvalue weighted by Crippen LogP contribution is -2.40. The maximum absolute atomic E-state index is 12.5. The minimum atomic E-state index is -4.53. The van der Waals surface area contributed by atoms with Crippen molar-refractivity contribution in [2.24, 2.45) is 11.8 Å². The molecule has 0 saturated heterocycles. The highest BCUT2D eigenvalue weighted by Crippen LogP contribution is 2.38. The first-order chi connectivity index (χ1) is 16.9. The van der Waals surface area contributed by atoms with Gasteiger partial charge in [0.15, 0.2) is 6.10 Å². The van der Waals surface area contributed by atoms with Crippen molar-refractivity contribution in [3.63, 3.8) is 0 Å². The third-order valence-electron chi connectivity index (χ3n) is 5.10. The summed E-state index contributed by atoms with van der Waals surface area (Å²) < 4.78 is 80.5. The van der Waals surface area contributed by atoms with Crippen molar-refractivity contribution in [2.45, 2.75) is 51.0 Å². The van der Waals surface area contributed by atoms with Crippen LogP contribution in [0.3, 0.4) is 0 Å². The molecule has 0 fully saturated rings. The van der Waals surface area contributed by atoms with E-state index in [4.69, 9.17) is 4.74 Å². The average molecular weight is 599 g/mol. The van der Waals surface area contributed by atoms with Crippen molar-refractivity contribution in [1.29, 1.82) is 0 Å². The third kappa shape index (κ3) is 8.01. The summed E-state index contributed by atoms with van der Waals surface area (Å²) in [5.74, 6) is -1.17. The molecule has 0 aliphatic carbocycles. The van der Waals surface area contributed by atoms with Gasteiger partial charge in [0.1, 0.15) is 11.5 Å². The number of hydrogen-bond acceptors (Lipinski definition) is 4. The van der Waals surface area contributed by atoms with E-state index in [0.29, 0.717) is 6.07 Å². The Balaban J connectivity index is 0.000000260. The highest BCUT2D eigenvalue weighted by atomic mass is 79.9. The highest BCUT2D eigenvalue weighted by molar-refractivity contribution is 9.10. The van der Waals surface area contributed by atoms with E-state index in [1.807, 2.05) is 0 Å². The first-order valence-electron chi connectivity index (χ1n) is 11.0. The molecule has 2 aromatic carbocycles. The molecule has 3 rings (SSSR count). The van der Waals surface area contributed by atoms with E-state index < -0.39 is 52.0 Å². The maximum Gasteiger partial charge on any atom is 0.416 e. The predicted molar refractivity (Wildman–Crippen MR) is 129 cm³/mol. The van der Waals surface area contributed by atoms with Gasteiger partial charge in [0, 0.05) is 0 Å². The van der Waals surface area contributed by atoms with Gasteiger partial charge in [-0.15, -0.1) is 0 Å². The van der Waals surface area contributed by atoms with E-state index in [1.54, 1.807) is 27.7 Å². The van der Waals surface area contributed by atoms with Gasteiger partial charge in [-0.25, -0.2) is 0 Å². The maximum atomic E-state index is 12.5. The molecule has 13 heteroatoms. The molecular formula is C24H25BrF6N2O4. The average Bonchev–Trinajstić information content (AvgIpc) is 2.77. The fourth-order valence-corrected chi connectivity index (χ4v) is 3.17. The zero-order valence-electron chi connectivity index (χ0n) is 20.1. The number of nitrogens with one attached hydrogen (secondary N) is 2. The molecule has 0 radical (unpaired) electrons. The van der Waals surface area contributed by atoms with Crippen LogP contribution in [0.15, 0.2) is 36.4 Å². The Hall–Kier alpha value is -2.96. The standard InChI is InChI=1S/C12H13BrF3NO2.C12H12F3NO2/c1-6(2)10(13)11(19)17-8-5-7(12(14,15)16)3-4-9(8)18;1-6(2)10-11(17)16-8-5-7(12(13,14)15)3-4-9(8)18-10/h3-6,10,18H,1-2H3,(H,17,19);3-6,10H,1-2H3,(H,16,17). The zero-order chi connectivity index (χ0) is 28.3. The summed E-state index contributed by atoms with van der Waals surface area (Å²) in [6.45, 7) is 7.18. The Morgan fingerprint density at radius 2 is 1.54 bits per heavy atom. The van der Waals surface area contributed by atoms with Crippen LogP contribution in [0, 0.1) is 11.8 Å². The molecular weight excluding hydrogens is 574 g/mol. The van der Waals surface area contributed by atoms with Crippen LogP contribution in [0.2, 0.25) is 0 Å². The van der Waals surface area contributed by atoms with Crippen LogP contribution < -0.4 is 15.4 Å². The van der Waals surface area contributed by atoms with Gasteiger partial charge in [0.2, 0.25) is 5.91 Å². The predicted octanol–water partition coefficient (Wildman–Crippen LogP) is 6.83. The van der Waals surface area contributed by atoms with E-state index in [-0.39, 0.29) is 29.0 Å². The van der Waals surface area contributed by atoms with E-state index in [9.17, 15) is 41.0 Å². The number of phenols is 1. The molecule has 3 N–H and O–H groups in total. The smallest absolute Gasteiger partial charge is 0.416 e. The van der Waals surface area contributed by atoms with Crippen molar-refractivity contribution < 1.29 is 45.8 Å². The number of carbonyl (C=O) groups is 2. The number of carbonyl (C=O) groups excluding carboxylic acids is 2. The molecule has 1 aliphatic heterocycles. The highest BCUT2D eigenvalue weighted by Gasteiger charge is 2.35. The number of anilines is 2. The lowest BCUT2D eigenvalue weighted by atomic mass is 10.0. The zero-order valence-corrected chi connectivity index (χ0v) is 21.7. The molecule has 2 unspecified atom stereocenters. The molecule has 0 aromatic heterocycles.